The van der Waals surface area contributed by atoms with Crippen molar-refractivity contribution in [1.29, 1.82) is 0 Å². The molecule has 1 aliphatic rings. The lowest BCUT2D eigenvalue weighted by Gasteiger charge is -2.37. The van der Waals surface area contributed by atoms with E-state index in [1.807, 2.05) is 33.8 Å². The van der Waals surface area contributed by atoms with Crippen LogP contribution in [0.2, 0.25) is 0 Å². The summed E-state index contributed by atoms with van der Waals surface area (Å²) in [7, 11) is 1.67. The van der Waals surface area contributed by atoms with Crippen molar-refractivity contribution in [2.24, 2.45) is 0 Å². The minimum absolute atomic E-state index is 0.157. The van der Waals surface area contributed by atoms with Crippen molar-refractivity contribution in [2.75, 3.05) is 12.4 Å². The van der Waals surface area contributed by atoms with Crippen molar-refractivity contribution >= 4 is 27.7 Å². The van der Waals surface area contributed by atoms with Gasteiger partial charge in [-0.05, 0) is 58.2 Å². The predicted octanol–water partition coefficient (Wildman–Crippen LogP) is 4.23. The molecule has 0 radical (unpaired) electrons. The van der Waals surface area contributed by atoms with Gasteiger partial charge < -0.3 is 20.1 Å². The second-order valence-electron chi connectivity index (χ2n) is 6.96. The molecule has 1 aromatic carbocycles. The first-order valence-corrected chi connectivity index (χ1v) is 8.57. The third kappa shape index (κ3) is 5.03. The summed E-state index contributed by atoms with van der Waals surface area (Å²) in [6.07, 6.45) is 1.40. The molecule has 0 unspecified atom stereocenters. The molecule has 0 aromatic heterocycles. The molecule has 0 bridgehead atoms. The lowest BCUT2D eigenvalue weighted by molar-refractivity contribution is 0.0475. The highest BCUT2D eigenvalue weighted by Gasteiger charge is 2.32. The summed E-state index contributed by atoms with van der Waals surface area (Å²) >= 11 is 3.48. The fourth-order valence-corrected chi connectivity index (χ4v) is 3.14. The second-order valence-corrected chi connectivity index (χ2v) is 7.87. The highest BCUT2D eigenvalue weighted by molar-refractivity contribution is 9.10. The first-order valence-electron chi connectivity index (χ1n) is 7.78. The number of hydrogen-bond acceptors (Lipinski definition) is 4. The Hall–Kier alpha value is -1.43. The first-order chi connectivity index (χ1) is 10.7. The first kappa shape index (κ1) is 17.9. The van der Waals surface area contributed by atoms with Crippen LogP contribution in [-0.2, 0) is 4.74 Å². The summed E-state index contributed by atoms with van der Waals surface area (Å²) in [6.45, 7) is 7.63. The van der Waals surface area contributed by atoms with Crippen LogP contribution >= 0.6 is 15.9 Å². The molecule has 2 rings (SSSR count). The third-order valence-electron chi connectivity index (χ3n) is 3.69. The summed E-state index contributed by atoms with van der Waals surface area (Å²) in [5, 5.41) is 6.41. The molecule has 1 amide bonds. The quantitative estimate of drug-likeness (QED) is 0.814. The summed E-state index contributed by atoms with van der Waals surface area (Å²) in [5.41, 5.74) is 1.67. The van der Waals surface area contributed by atoms with E-state index in [9.17, 15) is 4.79 Å². The molecule has 5 nitrogen and oxygen atoms in total. The van der Waals surface area contributed by atoms with Gasteiger partial charge in [0, 0.05) is 16.6 Å². The second kappa shape index (κ2) is 6.99. The molecule has 0 saturated heterocycles. The Labute approximate surface area is 146 Å². The highest BCUT2D eigenvalue weighted by atomic mass is 79.9. The minimum atomic E-state index is -0.465. The maximum atomic E-state index is 11.7. The number of benzene rings is 1. The summed E-state index contributed by atoms with van der Waals surface area (Å²) in [4.78, 5) is 11.7. The van der Waals surface area contributed by atoms with Gasteiger partial charge in [-0.2, -0.15) is 0 Å². The topological polar surface area (TPSA) is 59.6 Å². The molecule has 1 aromatic rings. The number of ether oxygens (including phenoxy) is 2. The Kier molecular flexibility index (Phi) is 5.45. The van der Waals surface area contributed by atoms with Crippen LogP contribution in [0, 0.1) is 6.92 Å². The number of hydrogen-bond donors (Lipinski definition) is 2. The van der Waals surface area contributed by atoms with Crippen LogP contribution < -0.4 is 15.4 Å². The van der Waals surface area contributed by atoms with Crippen molar-refractivity contribution in [1.82, 2.24) is 5.32 Å². The van der Waals surface area contributed by atoms with Gasteiger partial charge in [0.1, 0.15) is 11.4 Å². The van der Waals surface area contributed by atoms with Gasteiger partial charge in [0.2, 0.25) is 0 Å². The largest absolute Gasteiger partial charge is 0.495 e. The van der Waals surface area contributed by atoms with Crippen LogP contribution in [0.25, 0.3) is 0 Å². The monoisotopic (exact) mass is 384 g/mol. The standard InChI is InChI=1S/C17H25BrN2O3/c1-10-6-11(18)7-14(22-5)15(10)19-12-8-13(9-12)20-16(21)23-17(2,3)4/h6-7,12-13,19H,8-9H2,1-5H3,(H,20,21). The number of nitrogens with one attached hydrogen (secondary N) is 2. The fraction of sp³-hybridized carbons (Fsp3) is 0.588. The molecule has 0 atom stereocenters. The van der Waals surface area contributed by atoms with Gasteiger partial charge in [0.05, 0.1) is 12.8 Å². The third-order valence-corrected chi connectivity index (χ3v) is 4.15. The SMILES string of the molecule is COc1cc(Br)cc(C)c1NC1CC(NC(=O)OC(C)(C)C)C1. The van der Waals surface area contributed by atoms with Crippen molar-refractivity contribution in [3.63, 3.8) is 0 Å². The molecule has 0 spiro atoms. The number of carbonyl (C=O) groups excluding carboxylic acids is 1. The zero-order valence-electron chi connectivity index (χ0n) is 14.3. The lowest BCUT2D eigenvalue weighted by Crippen LogP contribution is -2.50. The van der Waals surface area contributed by atoms with E-state index in [1.54, 1.807) is 7.11 Å². The maximum absolute atomic E-state index is 11.7. The molecular formula is C17H25BrN2O3. The predicted molar refractivity (Wildman–Crippen MR) is 95.2 cm³/mol. The molecule has 1 aliphatic carbocycles. The molecule has 2 N–H and O–H groups in total. The molecular weight excluding hydrogens is 360 g/mol. The molecule has 23 heavy (non-hydrogen) atoms. The Balaban J connectivity index is 1.86. The van der Waals surface area contributed by atoms with Crippen molar-refractivity contribution in [3.05, 3.63) is 22.2 Å². The Morgan fingerprint density at radius 2 is 1.91 bits per heavy atom. The molecule has 1 saturated carbocycles. The summed E-state index contributed by atoms with van der Waals surface area (Å²) in [6, 6.07) is 4.48. The van der Waals surface area contributed by atoms with Crippen molar-refractivity contribution in [3.8, 4) is 5.75 Å². The average Bonchev–Trinajstić information content (AvgIpc) is 2.35. The van der Waals surface area contributed by atoms with Crippen LogP contribution in [-0.4, -0.2) is 30.9 Å². The van der Waals surface area contributed by atoms with E-state index in [2.05, 4.69) is 32.6 Å². The van der Waals surface area contributed by atoms with E-state index >= 15 is 0 Å². The molecule has 0 heterocycles. The zero-order valence-corrected chi connectivity index (χ0v) is 15.9. The van der Waals surface area contributed by atoms with Gasteiger partial charge in [-0.3, -0.25) is 0 Å². The van der Waals surface area contributed by atoms with E-state index in [-0.39, 0.29) is 12.1 Å². The summed E-state index contributed by atoms with van der Waals surface area (Å²) in [5.74, 6) is 0.820. The maximum Gasteiger partial charge on any atom is 0.407 e. The van der Waals surface area contributed by atoms with Gasteiger partial charge in [-0.15, -0.1) is 0 Å². The van der Waals surface area contributed by atoms with Gasteiger partial charge in [-0.1, -0.05) is 15.9 Å². The number of alkyl carbamates (subject to hydrolysis) is 1. The van der Waals surface area contributed by atoms with Gasteiger partial charge in [0.15, 0.2) is 0 Å². The van der Waals surface area contributed by atoms with Crippen LogP contribution in [0.15, 0.2) is 16.6 Å². The number of anilines is 1. The van der Waals surface area contributed by atoms with Crippen LogP contribution in [0.5, 0.6) is 5.75 Å². The zero-order chi connectivity index (χ0) is 17.2. The fourth-order valence-electron chi connectivity index (χ4n) is 2.59. The molecule has 128 valence electrons. The van der Waals surface area contributed by atoms with Crippen LogP contribution in [0.3, 0.4) is 0 Å². The number of aryl methyl sites for hydroxylation is 1. The van der Waals surface area contributed by atoms with E-state index in [0.29, 0.717) is 6.04 Å². The van der Waals surface area contributed by atoms with Gasteiger partial charge >= 0.3 is 6.09 Å². The number of rotatable bonds is 4. The average molecular weight is 385 g/mol. The number of amides is 1. The summed E-state index contributed by atoms with van der Waals surface area (Å²) < 4.78 is 11.7. The van der Waals surface area contributed by atoms with Crippen molar-refractivity contribution in [2.45, 2.75) is 58.2 Å². The molecule has 0 aliphatic heterocycles. The highest BCUT2D eigenvalue weighted by Crippen LogP contribution is 2.35. The molecule has 1 fully saturated rings. The van der Waals surface area contributed by atoms with Crippen molar-refractivity contribution < 1.29 is 14.3 Å². The lowest BCUT2D eigenvalue weighted by atomic mass is 9.86. The number of halogens is 1. The van der Waals surface area contributed by atoms with E-state index < -0.39 is 5.60 Å². The normalized spacial score (nSPS) is 20.4. The Bertz CT molecular complexity index is 578. The van der Waals surface area contributed by atoms with Gasteiger partial charge in [0.25, 0.3) is 0 Å². The van der Waals surface area contributed by atoms with E-state index in [0.717, 1.165) is 34.3 Å². The number of methoxy groups -OCH3 is 1. The smallest absolute Gasteiger partial charge is 0.407 e. The van der Waals surface area contributed by atoms with E-state index in [4.69, 9.17) is 9.47 Å². The van der Waals surface area contributed by atoms with Gasteiger partial charge in [-0.25, -0.2) is 4.79 Å². The van der Waals surface area contributed by atoms with Crippen LogP contribution in [0.4, 0.5) is 10.5 Å². The Morgan fingerprint density at radius 1 is 1.26 bits per heavy atom. The van der Waals surface area contributed by atoms with E-state index in [1.165, 1.54) is 0 Å². The molecule has 6 heteroatoms. The Morgan fingerprint density at radius 3 is 2.48 bits per heavy atom. The van der Waals surface area contributed by atoms with Crippen LogP contribution in [0.1, 0.15) is 39.2 Å². The minimum Gasteiger partial charge on any atom is -0.495 e. The number of carbonyl (C=O) groups is 1.